The minimum absolute atomic E-state index is 0.0607. The van der Waals surface area contributed by atoms with Crippen LogP contribution in [0.4, 0.5) is 30.2 Å². The zero-order valence-electron chi connectivity index (χ0n) is 20.5. The first-order valence-electron chi connectivity index (χ1n) is 11.7. The molecule has 1 amide bonds. The number of nitrogens with zero attached hydrogens (tertiary/aromatic N) is 2. The number of amides is 1. The Labute approximate surface area is 216 Å². The van der Waals surface area contributed by atoms with Gasteiger partial charge in [0.1, 0.15) is 5.75 Å². The molecule has 38 heavy (non-hydrogen) atoms. The number of ether oxygens (including phenoxy) is 2. The van der Waals surface area contributed by atoms with Crippen LogP contribution < -0.4 is 21.1 Å². The smallest absolute Gasteiger partial charge is 0.418 e. The molecule has 1 fully saturated rings. The Morgan fingerprint density at radius 3 is 2.61 bits per heavy atom. The summed E-state index contributed by atoms with van der Waals surface area (Å²) in [6.07, 6.45) is -0.0685. The third-order valence-corrected chi connectivity index (χ3v) is 6.23. The number of carbonyl (C=O) groups is 2. The second kappa shape index (κ2) is 11.1. The van der Waals surface area contributed by atoms with Crippen molar-refractivity contribution in [3.63, 3.8) is 0 Å². The van der Waals surface area contributed by atoms with Crippen molar-refractivity contribution >= 4 is 28.8 Å². The van der Waals surface area contributed by atoms with E-state index in [1.807, 2.05) is 0 Å². The van der Waals surface area contributed by atoms with Crippen molar-refractivity contribution in [2.75, 3.05) is 31.4 Å². The lowest BCUT2D eigenvalue weighted by Crippen LogP contribution is -2.42. The van der Waals surface area contributed by atoms with Crippen LogP contribution in [0.3, 0.4) is 0 Å². The van der Waals surface area contributed by atoms with Crippen molar-refractivity contribution in [1.82, 2.24) is 15.3 Å². The number of nitrogen functional groups attached to an aromatic ring is 1. The molecule has 1 aliphatic rings. The second-order valence-electron chi connectivity index (χ2n) is 8.94. The number of hydrogen-bond donors (Lipinski definition) is 3. The molecule has 1 aliphatic heterocycles. The van der Waals surface area contributed by atoms with Crippen molar-refractivity contribution in [2.24, 2.45) is 5.41 Å². The monoisotopic (exact) mass is 529 g/mol. The number of nitrogens with two attached hydrogens (primary N) is 1. The molecule has 200 valence electrons. The van der Waals surface area contributed by atoms with Crippen LogP contribution in [-0.4, -0.2) is 42.0 Å². The van der Waals surface area contributed by atoms with Crippen LogP contribution in [0, 0.1) is 5.41 Å². The molecule has 9 nitrogen and oxygen atoms in total. The summed E-state index contributed by atoms with van der Waals surface area (Å²) in [5, 5.41) is 5.52. The predicted octanol–water partition coefficient (Wildman–Crippen LogP) is 4.13. The van der Waals surface area contributed by atoms with Gasteiger partial charge < -0.3 is 25.8 Å². The highest BCUT2D eigenvalue weighted by molar-refractivity contribution is 6.00. The molecule has 0 saturated carbocycles. The van der Waals surface area contributed by atoms with Gasteiger partial charge in [0, 0.05) is 31.0 Å². The fourth-order valence-electron chi connectivity index (χ4n) is 4.14. The van der Waals surface area contributed by atoms with Crippen molar-refractivity contribution in [2.45, 2.75) is 25.6 Å². The number of ketones is 1. The Morgan fingerprint density at radius 2 is 1.97 bits per heavy atom. The highest BCUT2D eigenvalue weighted by Gasteiger charge is 2.44. The molecule has 2 aromatic heterocycles. The van der Waals surface area contributed by atoms with Crippen molar-refractivity contribution in [3.05, 3.63) is 71.8 Å². The van der Waals surface area contributed by atoms with Crippen molar-refractivity contribution in [3.8, 4) is 5.75 Å². The maximum Gasteiger partial charge on any atom is 0.418 e. The van der Waals surface area contributed by atoms with E-state index in [9.17, 15) is 22.8 Å². The highest BCUT2D eigenvalue weighted by Crippen LogP contribution is 2.38. The Bertz CT molecular complexity index is 1310. The predicted molar refractivity (Wildman–Crippen MR) is 133 cm³/mol. The summed E-state index contributed by atoms with van der Waals surface area (Å²) < 4.78 is 50.8. The number of nitrogens with one attached hydrogen (secondary N) is 2. The van der Waals surface area contributed by atoms with Gasteiger partial charge in [0.2, 0.25) is 5.91 Å². The number of pyridine rings is 2. The lowest BCUT2D eigenvalue weighted by molar-refractivity contribution is -0.137. The van der Waals surface area contributed by atoms with E-state index in [1.54, 1.807) is 12.1 Å². The molecule has 0 spiro atoms. The zero-order valence-corrected chi connectivity index (χ0v) is 20.5. The zero-order chi connectivity index (χ0) is 27.3. The molecule has 0 radical (unpaired) electrons. The van der Waals surface area contributed by atoms with Crippen LogP contribution in [0.5, 0.6) is 5.75 Å². The van der Waals surface area contributed by atoms with E-state index in [-0.39, 0.29) is 42.7 Å². The molecule has 1 aromatic carbocycles. The molecule has 4 rings (SSSR count). The fourth-order valence-corrected chi connectivity index (χ4v) is 4.14. The highest BCUT2D eigenvalue weighted by atomic mass is 19.4. The van der Waals surface area contributed by atoms with E-state index in [2.05, 4.69) is 20.6 Å². The first kappa shape index (κ1) is 26.9. The first-order valence-corrected chi connectivity index (χ1v) is 11.7. The van der Waals surface area contributed by atoms with Crippen LogP contribution in [0.2, 0.25) is 0 Å². The first-order chi connectivity index (χ1) is 18.1. The van der Waals surface area contributed by atoms with Crippen LogP contribution in [-0.2, 0) is 22.3 Å². The number of Topliss-reactive ketones (excluding diaryl/α,β-unsaturated/α-hetero) is 1. The molecule has 0 bridgehead atoms. The molecular formula is C26H26F3N5O4. The normalized spacial score (nSPS) is 17.2. The van der Waals surface area contributed by atoms with Gasteiger partial charge in [-0.3, -0.25) is 19.6 Å². The lowest BCUT2D eigenvalue weighted by Gasteiger charge is -2.25. The third kappa shape index (κ3) is 6.20. The number of alkyl halides is 3. The lowest BCUT2D eigenvalue weighted by atomic mass is 9.80. The number of rotatable bonds is 9. The number of aromatic nitrogens is 2. The summed E-state index contributed by atoms with van der Waals surface area (Å²) in [4.78, 5) is 34.1. The number of halogens is 3. The quantitative estimate of drug-likeness (QED) is 0.353. The van der Waals surface area contributed by atoms with E-state index in [0.29, 0.717) is 35.7 Å². The summed E-state index contributed by atoms with van der Waals surface area (Å²) in [6, 6.07) is 8.27. The largest absolute Gasteiger partial charge is 0.497 e. The number of hydrogen-bond acceptors (Lipinski definition) is 8. The van der Waals surface area contributed by atoms with Gasteiger partial charge in [-0.05, 0) is 42.8 Å². The topological polar surface area (TPSA) is 128 Å². The van der Waals surface area contributed by atoms with E-state index >= 15 is 0 Å². The second-order valence-corrected chi connectivity index (χ2v) is 8.94. The standard InChI is InChI=1S/C26H26F3N5O4/c1-37-20-4-5-22(21(9-20)26(27,28)29)34-19-3-2-18(32-14-19)13-33-24(36)25(6-7-38-15-25)10-23(35)16-8-17(30)12-31-11-16/h2-5,8-9,11-12,14,34H,6-7,10,13,15,30H2,1H3,(H,33,36)/t25-/m0/s1. The SMILES string of the molecule is COc1ccc(Nc2ccc(CNC(=O)[C@]3(CC(=O)c4cncc(N)c4)CCOC3)nc2)c(C(F)(F)F)c1. The van der Waals surface area contributed by atoms with Crippen LogP contribution in [0.1, 0.15) is 34.5 Å². The Kier molecular flexibility index (Phi) is 7.81. The van der Waals surface area contributed by atoms with Crippen LogP contribution >= 0.6 is 0 Å². The average molecular weight is 530 g/mol. The van der Waals surface area contributed by atoms with E-state index in [1.165, 1.54) is 43.9 Å². The molecule has 4 N–H and O–H groups in total. The number of anilines is 3. The fraction of sp³-hybridized carbons (Fsp3) is 0.308. The van der Waals surface area contributed by atoms with E-state index < -0.39 is 17.2 Å². The molecular weight excluding hydrogens is 503 g/mol. The summed E-state index contributed by atoms with van der Waals surface area (Å²) >= 11 is 0. The van der Waals surface area contributed by atoms with Gasteiger partial charge in [-0.1, -0.05) is 0 Å². The Hall–Kier alpha value is -4.19. The van der Waals surface area contributed by atoms with Gasteiger partial charge in [0.15, 0.2) is 5.78 Å². The summed E-state index contributed by atoms with van der Waals surface area (Å²) in [6.45, 7) is 0.505. The van der Waals surface area contributed by atoms with Crippen molar-refractivity contribution in [1.29, 1.82) is 0 Å². The average Bonchev–Trinajstić information content (AvgIpc) is 3.37. The van der Waals surface area contributed by atoms with Crippen molar-refractivity contribution < 1.29 is 32.2 Å². The van der Waals surface area contributed by atoms with Gasteiger partial charge >= 0.3 is 6.18 Å². The minimum Gasteiger partial charge on any atom is -0.497 e. The molecule has 0 unspecified atom stereocenters. The molecule has 3 heterocycles. The van der Waals surface area contributed by atoms with E-state index in [4.69, 9.17) is 15.2 Å². The molecule has 12 heteroatoms. The molecule has 3 aromatic rings. The summed E-state index contributed by atoms with van der Waals surface area (Å²) in [7, 11) is 1.29. The molecule has 0 aliphatic carbocycles. The summed E-state index contributed by atoms with van der Waals surface area (Å²) in [5.74, 6) is -0.531. The molecule has 1 atom stereocenters. The Morgan fingerprint density at radius 1 is 1.16 bits per heavy atom. The molecule has 1 saturated heterocycles. The number of benzene rings is 1. The van der Waals surface area contributed by atoms with Gasteiger partial charge in [-0.15, -0.1) is 0 Å². The third-order valence-electron chi connectivity index (χ3n) is 6.23. The maximum absolute atomic E-state index is 13.5. The number of carbonyl (C=O) groups excluding carboxylic acids is 2. The van der Waals surface area contributed by atoms with Crippen LogP contribution in [0.15, 0.2) is 55.0 Å². The van der Waals surface area contributed by atoms with Crippen LogP contribution in [0.25, 0.3) is 0 Å². The van der Waals surface area contributed by atoms with Gasteiger partial charge in [0.05, 0.1) is 60.2 Å². The van der Waals surface area contributed by atoms with Gasteiger partial charge in [-0.25, -0.2) is 0 Å². The summed E-state index contributed by atoms with van der Waals surface area (Å²) in [5.41, 5.74) is 5.14. The van der Waals surface area contributed by atoms with E-state index in [0.717, 1.165) is 6.07 Å². The Balaban J connectivity index is 1.40. The number of methoxy groups -OCH3 is 1. The maximum atomic E-state index is 13.5. The van der Waals surface area contributed by atoms with Gasteiger partial charge in [0.25, 0.3) is 0 Å². The van der Waals surface area contributed by atoms with Gasteiger partial charge in [-0.2, -0.15) is 13.2 Å². The minimum atomic E-state index is -4.58.